The van der Waals surface area contributed by atoms with Gasteiger partial charge < -0.3 is 10.2 Å². The topological polar surface area (TPSA) is 56.1 Å². The largest absolute Gasteiger partial charge is 0.376 e. The lowest BCUT2D eigenvalue weighted by Gasteiger charge is -2.30. The van der Waals surface area contributed by atoms with Crippen molar-refractivity contribution in [1.82, 2.24) is 4.90 Å². The van der Waals surface area contributed by atoms with E-state index in [1.165, 1.54) is 0 Å². The van der Waals surface area contributed by atoms with Gasteiger partial charge in [-0.3, -0.25) is 4.79 Å². The fourth-order valence-electron chi connectivity index (χ4n) is 2.24. The second-order valence-corrected chi connectivity index (χ2v) is 5.99. The summed E-state index contributed by atoms with van der Waals surface area (Å²) in [5, 5.41) is 13.7. The maximum Gasteiger partial charge on any atom is 0.241 e. The lowest BCUT2D eigenvalue weighted by atomic mass is 9.99. The van der Waals surface area contributed by atoms with Crippen LogP contribution in [0, 0.1) is 16.6 Å². The number of nitrogens with zero attached hydrogens (tertiary/aromatic N) is 2. The molecule has 1 aliphatic rings. The third kappa shape index (κ3) is 4.17. The Morgan fingerprint density at radius 2 is 2.05 bits per heavy atom. The van der Waals surface area contributed by atoms with Gasteiger partial charge in [0.05, 0.1) is 6.54 Å². The smallest absolute Gasteiger partial charge is 0.241 e. The van der Waals surface area contributed by atoms with Crippen LogP contribution in [0.5, 0.6) is 0 Å². The zero-order chi connectivity index (χ0) is 14.4. The van der Waals surface area contributed by atoms with Gasteiger partial charge in [-0.1, -0.05) is 6.92 Å². The lowest BCUT2D eigenvalue weighted by molar-refractivity contribution is -0.130. The fourth-order valence-corrected chi connectivity index (χ4v) is 2.62. The number of likely N-dealkylation sites (tertiary alicyclic amines) is 1. The number of hydrogen-bond donors (Lipinski definition) is 1. The van der Waals surface area contributed by atoms with Gasteiger partial charge in [0, 0.05) is 23.7 Å². The number of benzene rings is 1. The fraction of sp³-hybridized carbons (Fsp3) is 0.467. The van der Waals surface area contributed by atoms with E-state index in [9.17, 15) is 4.79 Å². The van der Waals surface area contributed by atoms with E-state index >= 15 is 0 Å². The Hall–Kier alpha value is -1.67. The molecule has 0 radical (unpaired) electrons. The number of rotatable bonds is 4. The summed E-state index contributed by atoms with van der Waals surface area (Å²) in [5.41, 5.74) is 0.908. The summed E-state index contributed by atoms with van der Waals surface area (Å²) >= 11 is 1.13. The number of amides is 1. The van der Waals surface area contributed by atoms with E-state index in [2.05, 4.69) is 12.2 Å². The molecule has 0 atom stereocenters. The Bertz CT molecular complexity index is 487. The number of thioether (sulfide) groups is 1. The van der Waals surface area contributed by atoms with Crippen molar-refractivity contribution in [3.63, 3.8) is 0 Å². The molecule has 0 spiro atoms. The molecular weight excluding hydrogens is 270 g/mol. The van der Waals surface area contributed by atoms with Crippen LogP contribution in [-0.4, -0.2) is 30.4 Å². The van der Waals surface area contributed by atoms with E-state index in [1.807, 2.05) is 34.6 Å². The van der Waals surface area contributed by atoms with E-state index in [-0.39, 0.29) is 5.91 Å². The molecule has 1 aromatic carbocycles. The van der Waals surface area contributed by atoms with Gasteiger partial charge in [0.2, 0.25) is 5.91 Å². The molecule has 0 bridgehead atoms. The van der Waals surface area contributed by atoms with E-state index in [1.54, 1.807) is 0 Å². The van der Waals surface area contributed by atoms with E-state index in [4.69, 9.17) is 5.26 Å². The van der Waals surface area contributed by atoms with Crippen molar-refractivity contribution in [3.8, 4) is 5.40 Å². The van der Waals surface area contributed by atoms with Gasteiger partial charge in [-0.2, -0.15) is 5.26 Å². The molecule has 1 heterocycles. The Kier molecular flexibility index (Phi) is 5.31. The van der Waals surface area contributed by atoms with Crippen molar-refractivity contribution < 1.29 is 4.79 Å². The Labute approximate surface area is 124 Å². The summed E-state index contributed by atoms with van der Waals surface area (Å²) in [4.78, 5) is 14.9. The third-order valence-electron chi connectivity index (χ3n) is 3.60. The molecule has 1 aliphatic heterocycles. The van der Waals surface area contributed by atoms with E-state index < -0.39 is 0 Å². The molecule has 2 rings (SSSR count). The normalized spacial score (nSPS) is 15.7. The highest BCUT2D eigenvalue weighted by molar-refractivity contribution is 8.03. The molecule has 0 aromatic heterocycles. The first-order chi connectivity index (χ1) is 9.69. The van der Waals surface area contributed by atoms with Crippen molar-refractivity contribution in [2.24, 2.45) is 5.92 Å². The van der Waals surface area contributed by atoms with Crippen LogP contribution in [0.1, 0.15) is 19.8 Å². The Balaban J connectivity index is 1.79. The molecule has 1 saturated heterocycles. The second kappa shape index (κ2) is 7.20. The molecule has 4 nitrogen and oxygen atoms in total. The van der Waals surface area contributed by atoms with Crippen molar-refractivity contribution in [1.29, 1.82) is 5.26 Å². The molecule has 0 saturated carbocycles. The summed E-state index contributed by atoms with van der Waals surface area (Å²) < 4.78 is 0. The number of carbonyl (C=O) groups is 1. The van der Waals surface area contributed by atoms with Crippen LogP contribution in [0.4, 0.5) is 5.69 Å². The maximum atomic E-state index is 12.1. The minimum atomic E-state index is 0.160. The second-order valence-electron chi connectivity index (χ2n) is 5.13. The van der Waals surface area contributed by atoms with Crippen molar-refractivity contribution in [2.75, 3.05) is 25.0 Å². The van der Waals surface area contributed by atoms with Crippen LogP contribution in [0.15, 0.2) is 29.2 Å². The van der Waals surface area contributed by atoms with Gasteiger partial charge in [-0.05, 0) is 54.8 Å². The first-order valence-corrected chi connectivity index (χ1v) is 7.68. The maximum absolute atomic E-state index is 12.1. The van der Waals surface area contributed by atoms with E-state index in [0.29, 0.717) is 6.54 Å². The Morgan fingerprint density at radius 3 is 2.65 bits per heavy atom. The van der Waals surface area contributed by atoms with Crippen molar-refractivity contribution >= 4 is 23.4 Å². The first-order valence-electron chi connectivity index (χ1n) is 6.86. The molecule has 0 unspecified atom stereocenters. The molecule has 1 N–H and O–H groups in total. The number of nitriles is 1. The van der Waals surface area contributed by atoms with Gasteiger partial charge in [0.1, 0.15) is 5.40 Å². The highest BCUT2D eigenvalue weighted by atomic mass is 32.2. The summed E-state index contributed by atoms with van der Waals surface area (Å²) in [6, 6.07) is 7.54. The predicted octanol–water partition coefficient (Wildman–Crippen LogP) is 2.93. The van der Waals surface area contributed by atoms with Crippen LogP contribution in [0.3, 0.4) is 0 Å². The molecule has 1 aromatic rings. The standard InChI is InChI=1S/C15H19N3OS/c1-12-6-8-18(9-7-12)15(19)10-17-13-2-4-14(5-3-13)20-11-16/h2-5,12,17H,6-10H2,1H3. The summed E-state index contributed by atoms with van der Waals surface area (Å²) in [6.07, 6.45) is 2.21. The van der Waals surface area contributed by atoms with Gasteiger partial charge in [0.25, 0.3) is 0 Å². The SMILES string of the molecule is CC1CCN(C(=O)CNc2ccc(SC#N)cc2)CC1. The zero-order valence-corrected chi connectivity index (χ0v) is 12.4. The predicted molar refractivity (Wildman–Crippen MR) is 81.4 cm³/mol. The lowest BCUT2D eigenvalue weighted by Crippen LogP contribution is -2.40. The first kappa shape index (κ1) is 14.7. The van der Waals surface area contributed by atoms with Gasteiger partial charge >= 0.3 is 0 Å². The number of carbonyl (C=O) groups excluding carboxylic acids is 1. The van der Waals surface area contributed by atoms with Gasteiger partial charge in [-0.15, -0.1) is 0 Å². The molecule has 5 heteroatoms. The average Bonchev–Trinajstić information content (AvgIpc) is 2.47. The minimum Gasteiger partial charge on any atom is -0.376 e. The van der Waals surface area contributed by atoms with Crippen LogP contribution in [0.25, 0.3) is 0 Å². The minimum absolute atomic E-state index is 0.160. The van der Waals surface area contributed by atoms with Gasteiger partial charge in [0.15, 0.2) is 0 Å². The number of nitrogens with one attached hydrogen (secondary N) is 1. The number of anilines is 1. The zero-order valence-electron chi connectivity index (χ0n) is 11.6. The highest BCUT2D eigenvalue weighted by Gasteiger charge is 2.19. The van der Waals surface area contributed by atoms with Crippen molar-refractivity contribution in [2.45, 2.75) is 24.7 Å². The average molecular weight is 289 g/mol. The third-order valence-corrected chi connectivity index (χ3v) is 4.20. The quantitative estimate of drug-likeness (QED) is 0.684. The summed E-state index contributed by atoms with van der Waals surface area (Å²) in [7, 11) is 0. The van der Waals surface area contributed by atoms with Crippen LogP contribution >= 0.6 is 11.8 Å². The molecule has 106 valence electrons. The molecular formula is C15H19N3OS. The van der Waals surface area contributed by atoms with Crippen LogP contribution in [0.2, 0.25) is 0 Å². The highest BCUT2D eigenvalue weighted by Crippen LogP contribution is 2.19. The molecule has 1 fully saturated rings. The number of hydrogen-bond acceptors (Lipinski definition) is 4. The number of thiocyanates is 1. The molecule has 0 aliphatic carbocycles. The van der Waals surface area contributed by atoms with Crippen LogP contribution < -0.4 is 5.32 Å². The summed E-state index contributed by atoms with van der Waals surface area (Å²) in [6.45, 7) is 4.32. The monoisotopic (exact) mass is 289 g/mol. The van der Waals surface area contributed by atoms with Crippen LogP contribution in [-0.2, 0) is 4.79 Å². The number of piperidine rings is 1. The summed E-state index contributed by atoms with van der Waals surface area (Å²) in [5.74, 6) is 0.893. The molecule has 20 heavy (non-hydrogen) atoms. The van der Waals surface area contributed by atoms with Crippen molar-refractivity contribution in [3.05, 3.63) is 24.3 Å². The van der Waals surface area contributed by atoms with E-state index in [0.717, 1.165) is 54.2 Å². The Morgan fingerprint density at radius 1 is 1.40 bits per heavy atom. The molecule has 1 amide bonds. The van der Waals surface area contributed by atoms with Gasteiger partial charge in [-0.25, -0.2) is 0 Å².